The Kier molecular flexibility index (Phi) is 4.36. The molecule has 0 aromatic heterocycles. The number of anilines is 1. The van der Waals surface area contributed by atoms with Crippen LogP contribution in [0, 0.1) is 5.92 Å². The van der Waals surface area contributed by atoms with Crippen LogP contribution in [0.5, 0.6) is 5.75 Å². The topological polar surface area (TPSA) is 24.5 Å². The van der Waals surface area contributed by atoms with Crippen LogP contribution in [-0.4, -0.2) is 33.3 Å². The number of halogens is 1. The van der Waals surface area contributed by atoms with E-state index in [1.54, 1.807) is 7.11 Å². The van der Waals surface area contributed by atoms with Gasteiger partial charge in [0.25, 0.3) is 0 Å². The molecule has 2 rings (SSSR count). The lowest BCUT2D eigenvalue weighted by Gasteiger charge is -2.38. The molecule has 0 saturated carbocycles. The summed E-state index contributed by atoms with van der Waals surface area (Å²) >= 11 is 6.09. The maximum Gasteiger partial charge on any atom is 0.142 e. The van der Waals surface area contributed by atoms with Crippen LogP contribution >= 0.6 is 11.6 Å². The third kappa shape index (κ3) is 2.73. The normalized spacial score (nSPS) is 24.1. The first-order valence-corrected chi connectivity index (χ1v) is 6.79. The van der Waals surface area contributed by atoms with E-state index in [4.69, 9.17) is 16.3 Å². The number of nitrogens with one attached hydrogen (secondary N) is 1. The highest BCUT2D eigenvalue weighted by molar-refractivity contribution is 6.30. The van der Waals surface area contributed by atoms with Crippen LogP contribution in [0.3, 0.4) is 0 Å². The van der Waals surface area contributed by atoms with Gasteiger partial charge in [0, 0.05) is 24.2 Å². The second-order valence-corrected chi connectivity index (χ2v) is 5.36. The molecule has 0 amide bonds. The maximum atomic E-state index is 6.09. The summed E-state index contributed by atoms with van der Waals surface area (Å²) in [5, 5.41) is 4.14. The smallest absolute Gasteiger partial charge is 0.142 e. The minimum atomic E-state index is 0.603. The average Bonchev–Trinajstić information content (AvgIpc) is 2.38. The monoisotopic (exact) mass is 268 g/mol. The molecule has 1 aliphatic heterocycles. The lowest BCUT2D eigenvalue weighted by Crippen LogP contribution is -2.47. The van der Waals surface area contributed by atoms with Crippen molar-refractivity contribution in [1.29, 1.82) is 0 Å². The van der Waals surface area contributed by atoms with Crippen molar-refractivity contribution in [2.45, 2.75) is 19.4 Å². The van der Waals surface area contributed by atoms with E-state index in [9.17, 15) is 0 Å². The standard InChI is InChI=1S/C14H21ClN2O/c1-10-9-17(7-6-12(10)16-2)13-8-11(15)4-5-14(13)18-3/h4-5,8,10,12,16H,6-7,9H2,1-3H3. The Bertz CT molecular complexity index is 411. The number of hydrogen-bond donors (Lipinski definition) is 1. The molecular weight excluding hydrogens is 248 g/mol. The van der Waals surface area contributed by atoms with E-state index < -0.39 is 0 Å². The van der Waals surface area contributed by atoms with Crippen molar-refractivity contribution in [1.82, 2.24) is 5.32 Å². The van der Waals surface area contributed by atoms with Crippen LogP contribution in [0.4, 0.5) is 5.69 Å². The Labute approximate surface area is 114 Å². The van der Waals surface area contributed by atoms with E-state index in [-0.39, 0.29) is 0 Å². The molecule has 3 nitrogen and oxygen atoms in total. The van der Waals surface area contributed by atoms with Crippen molar-refractivity contribution >= 4 is 17.3 Å². The van der Waals surface area contributed by atoms with E-state index in [0.717, 1.165) is 36.0 Å². The maximum absolute atomic E-state index is 6.09. The minimum absolute atomic E-state index is 0.603. The van der Waals surface area contributed by atoms with E-state index in [2.05, 4.69) is 17.1 Å². The molecule has 1 N–H and O–H groups in total. The van der Waals surface area contributed by atoms with Gasteiger partial charge in [-0.25, -0.2) is 0 Å². The van der Waals surface area contributed by atoms with Crippen LogP contribution in [0.1, 0.15) is 13.3 Å². The van der Waals surface area contributed by atoms with Gasteiger partial charge in [-0.15, -0.1) is 0 Å². The molecule has 18 heavy (non-hydrogen) atoms. The average molecular weight is 269 g/mol. The summed E-state index contributed by atoms with van der Waals surface area (Å²) in [6, 6.07) is 6.40. The molecule has 0 bridgehead atoms. The van der Waals surface area contributed by atoms with Gasteiger partial charge in [0.1, 0.15) is 5.75 Å². The fourth-order valence-corrected chi connectivity index (χ4v) is 2.87. The zero-order valence-electron chi connectivity index (χ0n) is 11.2. The Morgan fingerprint density at radius 3 is 2.83 bits per heavy atom. The van der Waals surface area contributed by atoms with Crippen molar-refractivity contribution in [3.05, 3.63) is 23.2 Å². The van der Waals surface area contributed by atoms with Crippen molar-refractivity contribution in [2.75, 3.05) is 32.1 Å². The number of ether oxygens (including phenoxy) is 1. The molecular formula is C14H21ClN2O. The Balaban J connectivity index is 2.19. The van der Waals surface area contributed by atoms with Gasteiger partial charge in [-0.1, -0.05) is 18.5 Å². The third-order valence-electron chi connectivity index (χ3n) is 3.76. The van der Waals surface area contributed by atoms with Gasteiger partial charge < -0.3 is 15.0 Å². The molecule has 4 heteroatoms. The van der Waals surface area contributed by atoms with Gasteiger partial charge in [-0.2, -0.15) is 0 Å². The van der Waals surface area contributed by atoms with Crippen molar-refractivity contribution < 1.29 is 4.74 Å². The van der Waals surface area contributed by atoms with Gasteiger partial charge in [-0.05, 0) is 37.6 Å². The number of rotatable bonds is 3. The van der Waals surface area contributed by atoms with Crippen molar-refractivity contribution in [2.24, 2.45) is 5.92 Å². The van der Waals surface area contributed by atoms with E-state index >= 15 is 0 Å². The third-order valence-corrected chi connectivity index (χ3v) is 3.99. The fraction of sp³-hybridized carbons (Fsp3) is 0.571. The molecule has 0 aliphatic carbocycles. The van der Waals surface area contributed by atoms with Gasteiger partial charge >= 0.3 is 0 Å². The van der Waals surface area contributed by atoms with Gasteiger partial charge in [0.2, 0.25) is 0 Å². The van der Waals surface area contributed by atoms with Crippen LogP contribution in [0.2, 0.25) is 5.02 Å². The first kappa shape index (κ1) is 13.5. The molecule has 1 aliphatic rings. The molecule has 1 saturated heterocycles. The van der Waals surface area contributed by atoms with Crippen LogP contribution in [0.15, 0.2) is 18.2 Å². The summed E-state index contributed by atoms with van der Waals surface area (Å²) < 4.78 is 5.43. The molecule has 1 heterocycles. The Morgan fingerprint density at radius 1 is 1.44 bits per heavy atom. The zero-order valence-corrected chi connectivity index (χ0v) is 12.0. The highest BCUT2D eigenvalue weighted by Gasteiger charge is 2.26. The molecule has 1 aromatic carbocycles. The lowest BCUT2D eigenvalue weighted by atomic mass is 9.93. The van der Waals surface area contributed by atoms with Gasteiger partial charge in [0.15, 0.2) is 0 Å². The lowest BCUT2D eigenvalue weighted by molar-refractivity contribution is 0.335. The highest BCUT2D eigenvalue weighted by atomic mass is 35.5. The van der Waals surface area contributed by atoms with E-state index in [1.807, 2.05) is 25.2 Å². The van der Waals surface area contributed by atoms with Crippen molar-refractivity contribution in [3.63, 3.8) is 0 Å². The SMILES string of the molecule is CNC1CCN(c2cc(Cl)ccc2OC)CC1C. The molecule has 0 spiro atoms. The number of piperidine rings is 1. The molecule has 100 valence electrons. The van der Waals surface area contributed by atoms with Gasteiger partial charge in [-0.3, -0.25) is 0 Å². The minimum Gasteiger partial charge on any atom is -0.495 e. The van der Waals surface area contributed by atoms with Crippen molar-refractivity contribution in [3.8, 4) is 5.75 Å². The summed E-state index contributed by atoms with van der Waals surface area (Å²) in [5.74, 6) is 1.52. The second-order valence-electron chi connectivity index (χ2n) is 4.92. The van der Waals surface area contributed by atoms with E-state index in [1.165, 1.54) is 0 Å². The highest BCUT2D eigenvalue weighted by Crippen LogP contribution is 2.33. The number of hydrogen-bond acceptors (Lipinski definition) is 3. The largest absolute Gasteiger partial charge is 0.495 e. The quantitative estimate of drug-likeness (QED) is 0.912. The predicted octanol–water partition coefficient (Wildman–Crippen LogP) is 2.78. The van der Waals surface area contributed by atoms with E-state index in [0.29, 0.717) is 12.0 Å². The molecule has 1 fully saturated rings. The predicted molar refractivity (Wildman–Crippen MR) is 76.8 cm³/mol. The molecule has 2 atom stereocenters. The van der Waals surface area contributed by atoms with Crippen LogP contribution in [0.25, 0.3) is 0 Å². The Hall–Kier alpha value is -0.930. The summed E-state index contributed by atoms with van der Waals surface area (Å²) in [6.07, 6.45) is 1.15. The molecule has 0 radical (unpaired) electrons. The number of methoxy groups -OCH3 is 1. The zero-order chi connectivity index (χ0) is 13.1. The number of nitrogens with zero attached hydrogens (tertiary/aromatic N) is 1. The Morgan fingerprint density at radius 2 is 2.22 bits per heavy atom. The van der Waals surface area contributed by atoms with Crippen LogP contribution < -0.4 is 15.0 Å². The van der Waals surface area contributed by atoms with Crippen LogP contribution in [-0.2, 0) is 0 Å². The molecule has 2 unspecified atom stereocenters. The second kappa shape index (κ2) is 5.81. The summed E-state index contributed by atoms with van der Waals surface area (Å²) in [5.41, 5.74) is 1.10. The first-order chi connectivity index (χ1) is 8.65. The fourth-order valence-electron chi connectivity index (χ4n) is 2.70. The van der Waals surface area contributed by atoms with Gasteiger partial charge in [0.05, 0.1) is 12.8 Å². The molecule has 1 aromatic rings. The summed E-state index contributed by atoms with van der Waals surface area (Å²) in [7, 11) is 3.74. The number of benzene rings is 1. The first-order valence-electron chi connectivity index (χ1n) is 6.41. The summed E-state index contributed by atoms with van der Waals surface area (Å²) in [4.78, 5) is 2.36. The summed E-state index contributed by atoms with van der Waals surface area (Å²) in [6.45, 7) is 4.35.